The summed E-state index contributed by atoms with van der Waals surface area (Å²) in [4.78, 5) is 4.80. The molecule has 0 bridgehead atoms. The van der Waals surface area contributed by atoms with Crippen LogP contribution in [0.3, 0.4) is 0 Å². The molecule has 5 nitrogen and oxygen atoms in total. The lowest BCUT2D eigenvalue weighted by molar-refractivity contribution is 0.150. The van der Waals surface area contributed by atoms with Gasteiger partial charge in [-0.05, 0) is 42.0 Å². The quantitative estimate of drug-likeness (QED) is 0.524. The van der Waals surface area contributed by atoms with Crippen molar-refractivity contribution in [2.75, 3.05) is 12.4 Å². The number of nitrogens with zero attached hydrogens (tertiary/aromatic N) is 2. The Labute approximate surface area is 164 Å². The molecule has 0 unspecified atom stereocenters. The van der Waals surface area contributed by atoms with E-state index in [4.69, 9.17) is 9.72 Å². The highest BCUT2D eigenvalue weighted by Crippen LogP contribution is 2.33. The largest absolute Gasteiger partial charge is 0.497 e. The van der Waals surface area contributed by atoms with E-state index in [1.165, 1.54) is 0 Å². The van der Waals surface area contributed by atoms with E-state index in [0.29, 0.717) is 0 Å². The van der Waals surface area contributed by atoms with E-state index in [9.17, 15) is 5.11 Å². The second-order valence-corrected chi connectivity index (χ2v) is 6.72. The van der Waals surface area contributed by atoms with Crippen LogP contribution in [0.4, 0.5) is 5.69 Å². The normalized spacial score (nSPS) is 13.2. The summed E-state index contributed by atoms with van der Waals surface area (Å²) in [6.45, 7) is 0. The lowest BCUT2D eigenvalue weighted by Crippen LogP contribution is -2.22. The molecule has 1 aromatic heterocycles. The van der Waals surface area contributed by atoms with Crippen molar-refractivity contribution in [3.05, 3.63) is 90.3 Å². The number of methoxy groups -OCH3 is 1. The molecule has 0 radical (unpaired) electrons. The number of aromatic nitrogens is 2. The Kier molecular flexibility index (Phi) is 5.00. The highest BCUT2D eigenvalue weighted by Gasteiger charge is 2.27. The van der Waals surface area contributed by atoms with Crippen molar-refractivity contribution in [2.24, 2.45) is 7.05 Å². The summed E-state index contributed by atoms with van der Waals surface area (Å²) in [5.74, 6) is 1.53. The molecule has 0 amide bonds. The molecule has 0 aliphatic rings. The van der Waals surface area contributed by atoms with Gasteiger partial charge in [0.2, 0.25) is 0 Å². The fourth-order valence-corrected chi connectivity index (χ4v) is 3.43. The third-order valence-electron chi connectivity index (χ3n) is 4.97. The number of aryl methyl sites for hydroxylation is 1. The number of aliphatic hydroxyl groups excluding tert-OH is 1. The smallest absolute Gasteiger partial charge is 0.135 e. The van der Waals surface area contributed by atoms with E-state index in [0.717, 1.165) is 33.9 Å². The molecule has 0 spiro atoms. The molecule has 5 heteroatoms. The van der Waals surface area contributed by atoms with Crippen molar-refractivity contribution in [2.45, 2.75) is 12.1 Å². The number of fused-ring (bicyclic) bond motifs is 1. The summed E-state index contributed by atoms with van der Waals surface area (Å²) in [5.41, 5.74) is 3.65. The molecule has 4 rings (SSSR count). The summed E-state index contributed by atoms with van der Waals surface area (Å²) in [6, 6.07) is 24.9. The van der Waals surface area contributed by atoms with Crippen molar-refractivity contribution < 1.29 is 9.84 Å². The maximum Gasteiger partial charge on any atom is 0.135 e. The van der Waals surface area contributed by atoms with Crippen LogP contribution in [0, 0.1) is 0 Å². The van der Waals surface area contributed by atoms with Gasteiger partial charge < -0.3 is 19.7 Å². The van der Waals surface area contributed by atoms with Crippen LogP contribution >= 0.6 is 0 Å². The van der Waals surface area contributed by atoms with E-state index in [1.54, 1.807) is 7.11 Å². The molecule has 142 valence electrons. The Bertz CT molecular complexity index is 1060. The number of anilines is 1. The molecule has 0 saturated heterocycles. The molecule has 0 aliphatic heterocycles. The average Bonchev–Trinajstić information content (AvgIpc) is 3.09. The number of benzene rings is 3. The maximum absolute atomic E-state index is 11.3. The number of hydrogen-bond donors (Lipinski definition) is 2. The predicted octanol–water partition coefficient (Wildman–Crippen LogP) is 4.47. The van der Waals surface area contributed by atoms with Crippen LogP contribution in [0.15, 0.2) is 78.9 Å². The SMILES string of the molecule is COc1ccc([C@H](O)[C@H](Nc2ccccc2)c2nc3ccccc3n2C)cc1. The van der Waals surface area contributed by atoms with Gasteiger partial charge in [-0.2, -0.15) is 0 Å². The second kappa shape index (κ2) is 7.74. The van der Waals surface area contributed by atoms with E-state index in [-0.39, 0.29) is 0 Å². The van der Waals surface area contributed by atoms with Crippen LogP contribution in [-0.2, 0) is 7.05 Å². The molecule has 28 heavy (non-hydrogen) atoms. The third-order valence-corrected chi connectivity index (χ3v) is 4.97. The average molecular weight is 373 g/mol. The van der Waals surface area contributed by atoms with Gasteiger partial charge in [0.1, 0.15) is 23.7 Å². The van der Waals surface area contributed by atoms with Gasteiger partial charge >= 0.3 is 0 Å². The summed E-state index contributed by atoms with van der Waals surface area (Å²) in [7, 11) is 3.61. The highest BCUT2D eigenvalue weighted by molar-refractivity contribution is 5.76. The number of nitrogens with one attached hydrogen (secondary N) is 1. The Morgan fingerprint density at radius 2 is 1.61 bits per heavy atom. The minimum atomic E-state index is -0.790. The first kappa shape index (κ1) is 18.1. The van der Waals surface area contributed by atoms with Gasteiger partial charge in [-0.15, -0.1) is 0 Å². The molecular formula is C23H23N3O2. The lowest BCUT2D eigenvalue weighted by Gasteiger charge is -2.25. The Morgan fingerprint density at radius 3 is 2.29 bits per heavy atom. The van der Waals surface area contributed by atoms with Gasteiger partial charge in [0.25, 0.3) is 0 Å². The molecule has 3 aromatic carbocycles. The van der Waals surface area contributed by atoms with Gasteiger partial charge in [0, 0.05) is 12.7 Å². The van der Waals surface area contributed by atoms with E-state index < -0.39 is 12.1 Å². The Balaban J connectivity index is 1.77. The van der Waals surface area contributed by atoms with Gasteiger partial charge in [-0.25, -0.2) is 4.98 Å². The summed E-state index contributed by atoms with van der Waals surface area (Å²) < 4.78 is 7.27. The Hall–Kier alpha value is -3.31. The van der Waals surface area contributed by atoms with Crippen molar-refractivity contribution in [3.8, 4) is 5.75 Å². The van der Waals surface area contributed by atoms with Crippen molar-refractivity contribution in [1.82, 2.24) is 9.55 Å². The minimum absolute atomic E-state index is 0.423. The zero-order valence-corrected chi connectivity index (χ0v) is 15.9. The molecule has 2 atom stereocenters. The molecule has 4 aromatic rings. The van der Waals surface area contributed by atoms with Crippen molar-refractivity contribution in [1.29, 1.82) is 0 Å². The number of para-hydroxylation sites is 3. The second-order valence-electron chi connectivity index (χ2n) is 6.72. The van der Waals surface area contributed by atoms with E-state index in [1.807, 2.05) is 90.5 Å². The molecule has 0 aliphatic carbocycles. The number of rotatable bonds is 6. The van der Waals surface area contributed by atoms with Crippen LogP contribution in [0.2, 0.25) is 0 Å². The molecule has 0 saturated carbocycles. The first-order valence-corrected chi connectivity index (χ1v) is 9.22. The molecule has 1 heterocycles. The van der Waals surface area contributed by atoms with Gasteiger partial charge in [0.15, 0.2) is 0 Å². The Morgan fingerprint density at radius 1 is 0.929 bits per heavy atom. The zero-order chi connectivity index (χ0) is 19.5. The third kappa shape index (κ3) is 3.44. The van der Waals surface area contributed by atoms with Crippen molar-refractivity contribution in [3.63, 3.8) is 0 Å². The lowest BCUT2D eigenvalue weighted by atomic mass is 10.0. The zero-order valence-electron chi connectivity index (χ0n) is 15.9. The first-order chi connectivity index (χ1) is 13.7. The van der Waals surface area contributed by atoms with Crippen LogP contribution in [0.5, 0.6) is 5.75 Å². The highest BCUT2D eigenvalue weighted by atomic mass is 16.5. The summed E-state index contributed by atoms with van der Waals surface area (Å²) in [5, 5.41) is 14.7. The fraction of sp³-hybridized carbons (Fsp3) is 0.174. The monoisotopic (exact) mass is 373 g/mol. The summed E-state index contributed by atoms with van der Waals surface area (Å²) in [6.07, 6.45) is -0.790. The number of ether oxygens (including phenoxy) is 1. The predicted molar refractivity (Wildman–Crippen MR) is 111 cm³/mol. The van der Waals surface area contributed by atoms with E-state index >= 15 is 0 Å². The fourth-order valence-electron chi connectivity index (χ4n) is 3.43. The van der Waals surface area contributed by atoms with Crippen LogP contribution in [0.1, 0.15) is 23.5 Å². The van der Waals surface area contributed by atoms with Crippen LogP contribution in [-0.4, -0.2) is 21.8 Å². The molecule has 0 fully saturated rings. The topological polar surface area (TPSA) is 59.3 Å². The standard InChI is InChI=1S/C23H23N3O2/c1-26-20-11-7-6-10-19(20)25-23(26)21(24-17-8-4-3-5-9-17)22(27)16-12-14-18(28-2)15-13-16/h3-15,21-22,24,27H,1-2H3/t21-,22-/m0/s1. The number of hydrogen-bond acceptors (Lipinski definition) is 4. The molecule has 2 N–H and O–H groups in total. The number of imidazole rings is 1. The van der Waals surface area contributed by atoms with Gasteiger partial charge in [-0.1, -0.05) is 42.5 Å². The number of aliphatic hydroxyl groups is 1. The van der Waals surface area contributed by atoms with Crippen LogP contribution in [0.25, 0.3) is 11.0 Å². The minimum Gasteiger partial charge on any atom is -0.497 e. The molecular weight excluding hydrogens is 350 g/mol. The maximum atomic E-state index is 11.3. The van der Waals surface area contributed by atoms with Crippen LogP contribution < -0.4 is 10.1 Å². The van der Waals surface area contributed by atoms with Gasteiger partial charge in [0.05, 0.1) is 18.1 Å². The van der Waals surface area contributed by atoms with E-state index in [2.05, 4.69) is 5.32 Å². The summed E-state index contributed by atoms with van der Waals surface area (Å²) >= 11 is 0. The first-order valence-electron chi connectivity index (χ1n) is 9.22. The van der Waals surface area contributed by atoms with Gasteiger partial charge in [-0.3, -0.25) is 0 Å². The van der Waals surface area contributed by atoms with Crippen molar-refractivity contribution >= 4 is 16.7 Å².